The van der Waals surface area contributed by atoms with Crippen LogP contribution in [0.5, 0.6) is 0 Å². The molecule has 0 N–H and O–H groups in total. The van der Waals surface area contributed by atoms with E-state index >= 15 is 0 Å². The predicted molar refractivity (Wildman–Crippen MR) is 56.0 cm³/mol. The molecule has 0 atom stereocenters. The smallest absolute Gasteiger partial charge is 0.305 e. The fourth-order valence-corrected chi connectivity index (χ4v) is 0.980. The van der Waals surface area contributed by atoms with Gasteiger partial charge < -0.3 is 9.47 Å². The molecular weight excluding hydrogens is 196 g/mol. The number of hydrogen-bond donors (Lipinski definition) is 0. The highest BCUT2D eigenvalue weighted by molar-refractivity contribution is 5.68. The van der Waals surface area contributed by atoms with Crippen LogP contribution in [0.2, 0.25) is 0 Å². The van der Waals surface area contributed by atoms with E-state index in [1.807, 2.05) is 13.0 Å². The third-order valence-electron chi connectivity index (χ3n) is 1.67. The van der Waals surface area contributed by atoms with Crippen LogP contribution in [-0.4, -0.2) is 18.2 Å². The number of unbranched alkanes of at least 4 members (excludes halogenated alkanes) is 1. The monoisotopic (exact) mass is 214 g/mol. The number of ether oxygens (including phenoxy) is 2. The number of hydrogen-bond acceptors (Lipinski definition) is 4. The van der Waals surface area contributed by atoms with Gasteiger partial charge in [-0.3, -0.25) is 9.59 Å². The highest BCUT2D eigenvalue weighted by Gasteiger charge is 2.16. The molecule has 0 spiro atoms. The maximum absolute atomic E-state index is 10.8. The van der Waals surface area contributed by atoms with E-state index in [1.165, 1.54) is 13.8 Å². The first-order chi connectivity index (χ1) is 6.97. The lowest BCUT2D eigenvalue weighted by Gasteiger charge is -2.17. The first-order valence-corrected chi connectivity index (χ1v) is 4.98. The Balaban J connectivity index is 4.46. The quantitative estimate of drug-likeness (QED) is 0.400. The van der Waals surface area contributed by atoms with Crippen molar-refractivity contribution in [2.75, 3.05) is 0 Å². The van der Waals surface area contributed by atoms with E-state index in [4.69, 9.17) is 9.47 Å². The molecule has 0 fully saturated rings. The third-order valence-corrected chi connectivity index (χ3v) is 1.67. The predicted octanol–water partition coefficient (Wildman–Crippen LogP) is 2.19. The van der Waals surface area contributed by atoms with Gasteiger partial charge in [0.2, 0.25) is 0 Å². The Morgan fingerprint density at radius 2 is 1.60 bits per heavy atom. The van der Waals surface area contributed by atoms with Crippen molar-refractivity contribution < 1.29 is 19.1 Å². The zero-order chi connectivity index (χ0) is 11.8. The molecule has 0 aliphatic heterocycles. The van der Waals surface area contributed by atoms with Crippen LogP contribution < -0.4 is 0 Å². The summed E-state index contributed by atoms with van der Waals surface area (Å²) in [7, 11) is 0. The number of carbonyl (C=O) groups is 2. The standard InChI is InChI=1S/C11H18O4/c1-5-6-7-8(2)11(14-9(3)12)15-10(4)13/h7,11H,5-6H2,1-4H3. The minimum Gasteiger partial charge on any atom is -0.421 e. The van der Waals surface area contributed by atoms with Gasteiger partial charge in [-0.1, -0.05) is 19.4 Å². The molecule has 0 saturated heterocycles. The second kappa shape index (κ2) is 7.04. The Hall–Kier alpha value is -1.32. The Labute approximate surface area is 90.2 Å². The summed E-state index contributed by atoms with van der Waals surface area (Å²) in [6, 6.07) is 0. The Morgan fingerprint density at radius 1 is 1.13 bits per heavy atom. The van der Waals surface area contributed by atoms with Gasteiger partial charge in [-0.05, 0) is 13.3 Å². The second-order valence-electron chi connectivity index (χ2n) is 3.29. The lowest BCUT2D eigenvalue weighted by molar-refractivity contribution is -0.178. The van der Waals surface area contributed by atoms with Crippen molar-refractivity contribution in [3.8, 4) is 0 Å². The maximum atomic E-state index is 10.8. The maximum Gasteiger partial charge on any atom is 0.305 e. The molecule has 4 nitrogen and oxygen atoms in total. The molecule has 0 heterocycles. The molecule has 15 heavy (non-hydrogen) atoms. The van der Waals surface area contributed by atoms with E-state index in [2.05, 4.69) is 0 Å². The number of esters is 2. The average molecular weight is 214 g/mol. The number of allylic oxidation sites excluding steroid dienone is 1. The minimum atomic E-state index is -0.883. The van der Waals surface area contributed by atoms with E-state index in [-0.39, 0.29) is 0 Å². The summed E-state index contributed by atoms with van der Waals surface area (Å²) in [5.41, 5.74) is 0.738. The highest BCUT2D eigenvalue weighted by Crippen LogP contribution is 2.10. The zero-order valence-corrected chi connectivity index (χ0v) is 9.70. The summed E-state index contributed by atoms with van der Waals surface area (Å²) in [5.74, 6) is -0.934. The topological polar surface area (TPSA) is 52.6 Å². The summed E-state index contributed by atoms with van der Waals surface area (Å²) in [6.45, 7) is 6.37. The van der Waals surface area contributed by atoms with Gasteiger partial charge in [0, 0.05) is 19.4 Å². The lowest BCUT2D eigenvalue weighted by Crippen LogP contribution is -2.23. The van der Waals surface area contributed by atoms with Crippen LogP contribution in [0.25, 0.3) is 0 Å². The van der Waals surface area contributed by atoms with Crippen molar-refractivity contribution >= 4 is 11.9 Å². The molecule has 0 aromatic heterocycles. The van der Waals surface area contributed by atoms with Crippen LogP contribution in [0.1, 0.15) is 40.5 Å². The Bertz CT molecular complexity index is 239. The first kappa shape index (κ1) is 13.7. The Morgan fingerprint density at radius 3 is 1.93 bits per heavy atom. The van der Waals surface area contributed by atoms with Crippen LogP contribution in [0.3, 0.4) is 0 Å². The van der Waals surface area contributed by atoms with Crippen LogP contribution in [0.15, 0.2) is 11.6 Å². The molecule has 0 aliphatic rings. The normalized spacial score (nSPS) is 11.4. The second-order valence-corrected chi connectivity index (χ2v) is 3.29. The van der Waals surface area contributed by atoms with Gasteiger partial charge in [-0.2, -0.15) is 0 Å². The van der Waals surface area contributed by atoms with Crippen LogP contribution >= 0.6 is 0 Å². The summed E-state index contributed by atoms with van der Waals surface area (Å²) >= 11 is 0. The van der Waals surface area contributed by atoms with Gasteiger partial charge in [0.15, 0.2) is 0 Å². The van der Waals surface area contributed by atoms with Crippen molar-refractivity contribution in [2.45, 2.75) is 46.8 Å². The van der Waals surface area contributed by atoms with E-state index < -0.39 is 18.2 Å². The molecule has 86 valence electrons. The molecule has 0 amide bonds. The summed E-state index contributed by atoms with van der Waals surface area (Å²) < 4.78 is 9.74. The van der Waals surface area contributed by atoms with Crippen molar-refractivity contribution in [3.05, 3.63) is 11.6 Å². The van der Waals surface area contributed by atoms with Gasteiger partial charge in [0.25, 0.3) is 6.29 Å². The molecule has 0 aromatic carbocycles. The van der Waals surface area contributed by atoms with Gasteiger partial charge in [-0.15, -0.1) is 0 Å². The van der Waals surface area contributed by atoms with Gasteiger partial charge >= 0.3 is 11.9 Å². The number of rotatable bonds is 5. The van der Waals surface area contributed by atoms with Gasteiger partial charge in [0.05, 0.1) is 0 Å². The SMILES string of the molecule is CCCC=C(C)C(OC(C)=O)OC(C)=O. The molecule has 0 aromatic rings. The average Bonchev–Trinajstić information content (AvgIpc) is 2.11. The van der Waals surface area contributed by atoms with Crippen molar-refractivity contribution in [1.82, 2.24) is 0 Å². The molecular formula is C11H18O4. The lowest BCUT2D eigenvalue weighted by atomic mass is 10.2. The Kier molecular flexibility index (Phi) is 6.42. The fourth-order valence-electron chi connectivity index (χ4n) is 0.980. The van der Waals surface area contributed by atoms with Gasteiger partial charge in [-0.25, -0.2) is 0 Å². The molecule has 0 radical (unpaired) electrons. The van der Waals surface area contributed by atoms with E-state index in [0.717, 1.165) is 18.4 Å². The molecule has 0 unspecified atom stereocenters. The summed E-state index contributed by atoms with van der Waals surface area (Å²) in [6.07, 6.45) is 2.87. The van der Waals surface area contributed by atoms with Crippen LogP contribution in [0, 0.1) is 0 Å². The number of carbonyl (C=O) groups excluding carboxylic acids is 2. The molecule has 4 heteroatoms. The summed E-state index contributed by atoms with van der Waals surface area (Å²) in [5, 5.41) is 0. The first-order valence-electron chi connectivity index (χ1n) is 4.98. The van der Waals surface area contributed by atoms with Crippen LogP contribution in [-0.2, 0) is 19.1 Å². The van der Waals surface area contributed by atoms with Gasteiger partial charge in [0.1, 0.15) is 0 Å². The molecule has 0 bridgehead atoms. The van der Waals surface area contributed by atoms with E-state index in [0.29, 0.717) is 0 Å². The fraction of sp³-hybridized carbons (Fsp3) is 0.636. The summed E-state index contributed by atoms with van der Waals surface area (Å²) in [4.78, 5) is 21.5. The van der Waals surface area contributed by atoms with Crippen molar-refractivity contribution in [1.29, 1.82) is 0 Å². The van der Waals surface area contributed by atoms with Crippen molar-refractivity contribution in [2.24, 2.45) is 0 Å². The molecule has 0 saturated carbocycles. The third kappa shape index (κ3) is 6.71. The molecule has 0 aliphatic carbocycles. The van der Waals surface area contributed by atoms with Crippen molar-refractivity contribution in [3.63, 3.8) is 0 Å². The largest absolute Gasteiger partial charge is 0.421 e. The van der Waals surface area contributed by atoms with E-state index in [1.54, 1.807) is 6.92 Å². The van der Waals surface area contributed by atoms with Crippen LogP contribution in [0.4, 0.5) is 0 Å². The molecule has 0 rings (SSSR count). The minimum absolute atomic E-state index is 0.467. The zero-order valence-electron chi connectivity index (χ0n) is 9.70. The highest BCUT2D eigenvalue weighted by atomic mass is 16.7. The van der Waals surface area contributed by atoms with E-state index in [9.17, 15) is 9.59 Å².